The summed E-state index contributed by atoms with van der Waals surface area (Å²) in [5, 5.41) is 0. The molecule has 0 aliphatic carbocycles. The van der Waals surface area contributed by atoms with Crippen molar-refractivity contribution in [3.05, 3.63) is 0 Å². The second-order valence-electron chi connectivity index (χ2n) is 4.93. The Hall–Kier alpha value is 0.270. The van der Waals surface area contributed by atoms with Gasteiger partial charge in [0.2, 0.25) is 0 Å². The van der Waals surface area contributed by atoms with Crippen molar-refractivity contribution in [2.24, 2.45) is 5.73 Å². The zero-order chi connectivity index (χ0) is 12.4. The summed E-state index contributed by atoms with van der Waals surface area (Å²) in [6.07, 6.45) is 8.72. The highest BCUT2D eigenvalue weighted by Crippen LogP contribution is 2.20. The van der Waals surface area contributed by atoms with Crippen LogP contribution in [0.2, 0.25) is 0 Å². The molecule has 0 amide bonds. The lowest BCUT2D eigenvalue weighted by Crippen LogP contribution is -2.50. The third-order valence-electron chi connectivity index (χ3n) is 3.56. The minimum atomic E-state index is 0.198. The Kier molecular flexibility index (Phi) is 9.47. The topological polar surface area (TPSA) is 29.3 Å². The highest BCUT2D eigenvalue weighted by atomic mass is 32.2. The van der Waals surface area contributed by atoms with Crippen LogP contribution in [-0.4, -0.2) is 42.6 Å². The van der Waals surface area contributed by atoms with Crippen LogP contribution in [0.3, 0.4) is 0 Å². The molecule has 1 unspecified atom stereocenters. The molecule has 16 heavy (non-hydrogen) atoms. The number of hydrogen-bond acceptors (Lipinski definition) is 3. The predicted molar refractivity (Wildman–Crippen MR) is 77.2 cm³/mol. The quantitative estimate of drug-likeness (QED) is 0.601. The van der Waals surface area contributed by atoms with E-state index in [2.05, 4.69) is 32.1 Å². The molecule has 0 rings (SSSR count). The molecule has 0 fully saturated rings. The molecule has 0 aliphatic rings. The summed E-state index contributed by atoms with van der Waals surface area (Å²) >= 11 is 1.91. The molecule has 0 spiro atoms. The number of rotatable bonds is 10. The predicted octanol–water partition coefficient (Wildman–Crippen LogP) is 2.97. The van der Waals surface area contributed by atoms with E-state index in [1.165, 1.54) is 37.9 Å². The minimum absolute atomic E-state index is 0.198. The number of hydrogen-bond donors (Lipinski definition) is 1. The van der Waals surface area contributed by atoms with E-state index in [4.69, 9.17) is 5.73 Å². The second kappa shape index (κ2) is 9.32. The van der Waals surface area contributed by atoms with Crippen molar-refractivity contribution >= 4 is 11.8 Å². The molecule has 0 aliphatic heterocycles. The molecule has 2 N–H and O–H groups in total. The lowest BCUT2D eigenvalue weighted by atomic mass is 9.92. The average Bonchev–Trinajstić information content (AvgIpc) is 2.31. The molecule has 3 heteroatoms. The first-order chi connectivity index (χ1) is 7.60. The minimum Gasteiger partial charge on any atom is -0.329 e. The fraction of sp³-hybridized carbons (Fsp3) is 1.00. The number of thioether (sulfide) groups is 1. The molecule has 98 valence electrons. The summed E-state index contributed by atoms with van der Waals surface area (Å²) in [7, 11) is 2.21. The summed E-state index contributed by atoms with van der Waals surface area (Å²) in [6.45, 7) is 6.47. The highest BCUT2D eigenvalue weighted by molar-refractivity contribution is 7.98. The van der Waals surface area contributed by atoms with E-state index in [-0.39, 0.29) is 5.54 Å². The van der Waals surface area contributed by atoms with E-state index in [0.717, 1.165) is 13.1 Å². The summed E-state index contributed by atoms with van der Waals surface area (Å²) in [5.74, 6) is 1.20. The third-order valence-corrected chi connectivity index (χ3v) is 4.15. The van der Waals surface area contributed by atoms with E-state index in [1.807, 2.05) is 11.8 Å². The van der Waals surface area contributed by atoms with Crippen LogP contribution in [0, 0.1) is 0 Å². The van der Waals surface area contributed by atoms with Crippen molar-refractivity contribution in [2.45, 2.75) is 51.5 Å². The van der Waals surface area contributed by atoms with Gasteiger partial charge in [-0.15, -0.1) is 0 Å². The first kappa shape index (κ1) is 16.3. The maximum atomic E-state index is 5.95. The molecule has 0 bridgehead atoms. The molecular formula is C13H30N2S. The van der Waals surface area contributed by atoms with Crippen LogP contribution in [0.5, 0.6) is 0 Å². The van der Waals surface area contributed by atoms with Crippen molar-refractivity contribution in [1.82, 2.24) is 4.90 Å². The Bertz CT molecular complexity index is 164. The van der Waals surface area contributed by atoms with Gasteiger partial charge in [-0.2, -0.15) is 11.8 Å². The van der Waals surface area contributed by atoms with Gasteiger partial charge < -0.3 is 5.73 Å². The van der Waals surface area contributed by atoms with Crippen molar-refractivity contribution in [1.29, 1.82) is 0 Å². The van der Waals surface area contributed by atoms with Crippen LogP contribution >= 0.6 is 11.8 Å². The Balaban J connectivity index is 3.97. The molecule has 0 aromatic heterocycles. The number of nitrogens with two attached hydrogens (primary N) is 1. The lowest BCUT2D eigenvalue weighted by molar-refractivity contribution is 0.139. The van der Waals surface area contributed by atoms with Crippen molar-refractivity contribution < 1.29 is 0 Å². The van der Waals surface area contributed by atoms with Gasteiger partial charge in [-0.05, 0) is 26.6 Å². The number of nitrogens with zero attached hydrogens (tertiary/aromatic N) is 1. The maximum Gasteiger partial charge on any atom is 0.0300 e. The fourth-order valence-electron chi connectivity index (χ4n) is 1.88. The summed E-state index contributed by atoms with van der Waals surface area (Å²) in [4.78, 5) is 2.44. The zero-order valence-electron chi connectivity index (χ0n) is 11.6. The second-order valence-corrected chi connectivity index (χ2v) is 5.91. The van der Waals surface area contributed by atoms with Crippen LogP contribution in [-0.2, 0) is 0 Å². The van der Waals surface area contributed by atoms with Crippen molar-refractivity contribution in [2.75, 3.05) is 32.1 Å². The van der Waals surface area contributed by atoms with E-state index in [1.54, 1.807) is 0 Å². The van der Waals surface area contributed by atoms with Gasteiger partial charge in [0.1, 0.15) is 0 Å². The molecule has 0 aromatic carbocycles. The van der Waals surface area contributed by atoms with Gasteiger partial charge in [0, 0.05) is 24.4 Å². The van der Waals surface area contributed by atoms with Crippen LogP contribution in [0.1, 0.15) is 46.0 Å². The molecule has 0 saturated carbocycles. The molecule has 1 atom stereocenters. The van der Waals surface area contributed by atoms with Gasteiger partial charge in [-0.1, -0.05) is 32.6 Å². The van der Waals surface area contributed by atoms with E-state index < -0.39 is 0 Å². The zero-order valence-corrected chi connectivity index (χ0v) is 12.4. The van der Waals surface area contributed by atoms with Gasteiger partial charge in [0.25, 0.3) is 0 Å². The molecule has 0 saturated heterocycles. The van der Waals surface area contributed by atoms with E-state index in [9.17, 15) is 0 Å². The van der Waals surface area contributed by atoms with Crippen LogP contribution in [0.25, 0.3) is 0 Å². The SMILES string of the molecule is CCCCCCC(C)(CN)N(C)CCSC. The normalized spacial score (nSPS) is 15.4. The van der Waals surface area contributed by atoms with E-state index in [0.29, 0.717) is 0 Å². The molecule has 0 radical (unpaired) electrons. The monoisotopic (exact) mass is 246 g/mol. The molecule has 0 aromatic rings. The Morgan fingerprint density at radius 2 is 1.94 bits per heavy atom. The largest absolute Gasteiger partial charge is 0.329 e. The standard InChI is InChI=1S/C13H30N2S/c1-5-6-7-8-9-13(2,12-14)15(3)10-11-16-4/h5-12,14H2,1-4H3. The number of likely N-dealkylation sites (N-methyl/N-ethyl adjacent to an activating group) is 1. The first-order valence-electron chi connectivity index (χ1n) is 6.51. The summed E-state index contributed by atoms with van der Waals surface area (Å²) in [6, 6.07) is 0. The van der Waals surface area contributed by atoms with Gasteiger partial charge in [-0.25, -0.2) is 0 Å². The van der Waals surface area contributed by atoms with Crippen molar-refractivity contribution in [3.8, 4) is 0 Å². The molecule has 2 nitrogen and oxygen atoms in total. The Morgan fingerprint density at radius 1 is 1.25 bits per heavy atom. The van der Waals surface area contributed by atoms with Crippen LogP contribution in [0.15, 0.2) is 0 Å². The van der Waals surface area contributed by atoms with Crippen LogP contribution < -0.4 is 5.73 Å². The number of unbranched alkanes of at least 4 members (excludes halogenated alkanes) is 3. The molecular weight excluding hydrogens is 216 g/mol. The lowest BCUT2D eigenvalue weighted by Gasteiger charge is -2.38. The Morgan fingerprint density at radius 3 is 2.44 bits per heavy atom. The summed E-state index contributed by atoms with van der Waals surface area (Å²) in [5.41, 5.74) is 6.14. The van der Waals surface area contributed by atoms with E-state index >= 15 is 0 Å². The fourth-order valence-corrected chi connectivity index (χ4v) is 2.34. The van der Waals surface area contributed by atoms with Gasteiger partial charge in [0.15, 0.2) is 0 Å². The first-order valence-corrected chi connectivity index (χ1v) is 7.90. The average molecular weight is 246 g/mol. The summed E-state index contributed by atoms with van der Waals surface area (Å²) < 4.78 is 0. The maximum absolute atomic E-state index is 5.95. The smallest absolute Gasteiger partial charge is 0.0300 e. The molecule has 0 heterocycles. The van der Waals surface area contributed by atoms with Gasteiger partial charge in [0.05, 0.1) is 0 Å². The van der Waals surface area contributed by atoms with Crippen LogP contribution in [0.4, 0.5) is 0 Å². The Labute approximate surface area is 106 Å². The van der Waals surface area contributed by atoms with Gasteiger partial charge >= 0.3 is 0 Å². The van der Waals surface area contributed by atoms with Gasteiger partial charge in [-0.3, -0.25) is 4.90 Å². The highest BCUT2D eigenvalue weighted by Gasteiger charge is 2.26. The van der Waals surface area contributed by atoms with Crippen molar-refractivity contribution in [3.63, 3.8) is 0 Å². The third kappa shape index (κ3) is 6.12.